The van der Waals surface area contributed by atoms with E-state index in [2.05, 4.69) is 14.6 Å². The third-order valence-corrected chi connectivity index (χ3v) is 1.30. The van der Waals surface area contributed by atoms with Gasteiger partial charge in [-0.2, -0.15) is 0 Å². The second-order valence-corrected chi connectivity index (χ2v) is 2.15. The van der Waals surface area contributed by atoms with Crippen molar-refractivity contribution in [1.82, 2.24) is 0 Å². The van der Waals surface area contributed by atoms with Crippen molar-refractivity contribution in [2.75, 3.05) is 14.2 Å². The lowest BCUT2D eigenvalue weighted by molar-refractivity contribution is -0.140. The fraction of sp³-hybridized carbons (Fsp3) is 0.429. The molecular formula is C7H10N2O5. The fourth-order valence-corrected chi connectivity index (χ4v) is 0.617. The van der Waals surface area contributed by atoms with Crippen LogP contribution in [0.2, 0.25) is 0 Å². The molecule has 2 N–H and O–H groups in total. The summed E-state index contributed by atoms with van der Waals surface area (Å²) in [4.78, 5) is 21.5. The van der Waals surface area contributed by atoms with Crippen molar-refractivity contribution in [3.63, 3.8) is 0 Å². The highest BCUT2D eigenvalue weighted by Gasteiger charge is 2.17. The van der Waals surface area contributed by atoms with Crippen LogP contribution in [0.15, 0.2) is 16.6 Å². The molecule has 0 rings (SSSR count). The van der Waals surface area contributed by atoms with Crippen molar-refractivity contribution >= 4 is 11.9 Å². The van der Waals surface area contributed by atoms with Crippen LogP contribution < -0.4 is 0 Å². The number of hydrogen-bond donors (Lipinski definition) is 2. The molecule has 0 radical (unpaired) electrons. The standard InChI is InChI=1S/C7H10N2O5/c1-13-5(11)3-4(10)6(9-8)7(12)14-2/h8,10H,3H2,1-2H3/b6-4-,9-8?. The number of ether oxygens (including phenoxy) is 2. The Hall–Kier alpha value is -1.92. The van der Waals surface area contributed by atoms with E-state index in [0.29, 0.717) is 0 Å². The SMILES string of the molecule is COC(=O)C/C(O)=C(/N=N)C(=O)OC. The molecule has 78 valence electrons. The first-order chi connectivity index (χ1) is 6.56. The van der Waals surface area contributed by atoms with E-state index >= 15 is 0 Å². The number of nitrogens with one attached hydrogen (secondary N) is 1. The van der Waals surface area contributed by atoms with Crippen LogP contribution in [0, 0.1) is 5.53 Å². The van der Waals surface area contributed by atoms with Crippen LogP contribution >= 0.6 is 0 Å². The average Bonchev–Trinajstić information content (AvgIpc) is 2.18. The van der Waals surface area contributed by atoms with Crippen molar-refractivity contribution in [2.45, 2.75) is 6.42 Å². The van der Waals surface area contributed by atoms with Crippen LogP contribution in [0.1, 0.15) is 6.42 Å². The molecule has 0 unspecified atom stereocenters. The maximum Gasteiger partial charge on any atom is 0.362 e. The minimum absolute atomic E-state index is 0.524. The number of carbonyl (C=O) groups is 2. The molecule has 0 aromatic heterocycles. The van der Waals surface area contributed by atoms with Gasteiger partial charge < -0.3 is 14.6 Å². The largest absolute Gasteiger partial charge is 0.509 e. The molecule has 0 atom stereocenters. The Balaban J connectivity index is 4.75. The summed E-state index contributed by atoms with van der Waals surface area (Å²) in [5, 5.41) is 11.9. The number of hydrogen-bond acceptors (Lipinski definition) is 7. The number of rotatable bonds is 4. The van der Waals surface area contributed by atoms with Gasteiger partial charge in [-0.15, -0.1) is 5.11 Å². The van der Waals surface area contributed by atoms with Gasteiger partial charge in [0.25, 0.3) is 0 Å². The van der Waals surface area contributed by atoms with Crippen LogP contribution in [-0.4, -0.2) is 31.3 Å². The summed E-state index contributed by atoms with van der Waals surface area (Å²) in [5.41, 5.74) is 5.97. The molecule has 0 fully saturated rings. The van der Waals surface area contributed by atoms with E-state index in [-0.39, 0.29) is 0 Å². The quantitative estimate of drug-likeness (QED) is 0.299. The predicted octanol–water partition coefficient (Wildman–Crippen LogP) is 0.523. The van der Waals surface area contributed by atoms with Gasteiger partial charge in [-0.1, -0.05) is 0 Å². The Morgan fingerprint density at radius 2 is 1.93 bits per heavy atom. The van der Waals surface area contributed by atoms with Crippen molar-refractivity contribution < 1.29 is 24.2 Å². The Kier molecular flexibility index (Phi) is 4.90. The van der Waals surface area contributed by atoms with Gasteiger partial charge in [-0.05, 0) is 0 Å². The predicted molar refractivity (Wildman–Crippen MR) is 43.5 cm³/mol. The normalized spacial score (nSPS) is 11.3. The molecule has 0 aromatic rings. The van der Waals surface area contributed by atoms with Gasteiger partial charge in [0, 0.05) is 0 Å². The number of esters is 2. The van der Waals surface area contributed by atoms with Gasteiger partial charge >= 0.3 is 11.9 Å². The van der Waals surface area contributed by atoms with E-state index in [0.717, 1.165) is 14.2 Å². The van der Waals surface area contributed by atoms with E-state index in [4.69, 9.17) is 5.53 Å². The average molecular weight is 202 g/mol. The van der Waals surface area contributed by atoms with E-state index < -0.39 is 29.8 Å². The zero-order valence-corrected chi connectivity index (χ0v) is 7.73. The molecule has 0 amide bonds. The summed E-state index contributed by atoms with van der Waals surface area (Å²) in [6, 6.07) is 0. The molecule has 0 aromatic carbocycles. The van der Waals surface area contributed by atoms with Crippen LogP contribution in [0.25, 0.3) is 0 Å². The second-order valence-electron chi connectivity index (χ2n) is 2.15. The highest BCUT2D eigenvalue weighted by atomic mass is 16.5. The molecule has 0 bridgehead atoms. The summed E-state index contributed by atoms with van der Waals surface area (Å²) >= 11 is 0. The second kappa shape index (κ2) is 5.68. The first kappa shape index (κ1) is 12.1. The van der Waals surface area contributed by atoms with Crippen LogP contribution in [0.3, 0.4) is 0 Å². The van der Waals surface area contributed by atoms with Crippen LogP contribution in [0.4, 0.5) is 0 Å². The maximum absolute atomic E-state index is 10.8. The molecule has 0 saturated heterocycles. The zero-order chi connectivity index (χ0) is 11.1. The Labute approximate surface area is 79.8 Å². The number of carbonyl (C=O) groups excluding carboxylic acids is 2. The summed E-state index contributed by atoms with van der Waals surface area (Å²) < 4.78 is 8.46. The van der Waals surface area contributed by atoms with Gasteiger partial charge in [0.2, 0.25) is 5.70 Å². The van der Waals surface area contributed by atoms with Crippen LogP contribution in [0.5, 0.6) is 0 Å². The molecule has 7 heteroatoms. The molecule has 0 spiro atoms. The summed E-state index contributed by atoms with van der Waals surface area (Å²) in [6.45, 7) is 0. The molecule has 0 aliphatic rings. The molecule has 0 saturated carbocycles. The Bertz CT molecular complexity index is 284. The highest BCUT2D eigenvalue weighted by molar-refractivity contribution is 5.89. The third-order valence-electron chi connectivity index (χ3n) is 1.30. The van der Waals surface area contributed by atoms with Crippen molar-refractivity contribution in [3.05, 3.63) is 11.5 Å². The Morgan fingerprint density at radius 1 is 1.36 bits per heavy atom. The topological polar surface area (TPSA) is 109 Å². The van der Waals surface area contributed by atoms with Gasteiger partial charge in [-0.25, -0.2) is 10.3 Å². The van der Waals surface area contributed by atoms with E-state index in [1.807, 2.05) is 0 Å². The fourth-order valence-electron chi connectivity index (χ4n) is 0.617. The smallest absolute Gasteiger partial charge is 0.362 e. The third kappa shape index (κ3) is 3.21. The zero-order valence-electron chi connectivity index (χ0n) is 7.73. The Morgan fingerprint density at radius 3 is 2.29 bits per heavy atom. The molecule has 0 aliphatic carbocycles. The summed E-state index contributed by atoms with van der Waals surface area (Å²) in [6.07, 6.45) is -0.524. The van der Waals surface area contributed by atoms with Crippen LogP contribution in [-0.2, 0) is 19.1 Å². The number of aliphatic hydroxyl groups is 1. The van der Waals surface area contributed by atoms with Crippen molar-refractivity contribution in [2.24, 2.45) is 5.11 Å². The molecule has 14 heavy (non-hydrogen) atoms. The highest BCUT2D eigenvalue weighted by Crippen LogP contribution is 2.09. The first-order valence-corrected chi connectivity index (χ1v) is 3.51. The lowest BCUT2D eigenvalue weighted by Crippen LogP contribution is -2.09. The van der Waals surface area contributed by atoms with Gasteiger partial charge in [0.1, 0.15) is 12.2 Å². The minimum atomic E-state index is -0.985. The lowest BCUT2D eigenvalue weighted by atomic mass is 10.3. The molecule has 0 aliphatic heterocycles. The van der Waals surface area contributed by atoms with E-state index in [1.165, 1.54) is 0 Å². The van der Waals surface area contributed by atoms with Gasteiger partial charge in [0.15, 0.2) is 0 Å². The minimum Gasteiger partial charge on any atom is -0.509 e. The monoisotopic (exact) mass is 202 g/mol. The lowest BCUT2D eigenvalue weighted by Gasteiger charge is -2.02. The number of nitrogens with zero attached hydrogens (tertiary/aromatic N) is 1. The molecule has 0 heterocycles. The molecular weight excluding hydrogens is 192 g/mol. The van der Waals surface area contributed by atoms with Gasteiger partial charge in [0.05, 0.1) is 14.2 Å². The van der Waals surface area contributed by atoms with E-state index in [9.17, 15) is 14.7 Å². The first-order valence-electron chi connectivity index (χ1n) is 3.51. The van der Waals surface area contributed by atoms with Gasteiger partial charge in [-0.3, -0.25) is 4.79 Å². The maximum atomic E-state index is 10.8. The summed E-state index contributed by atoms with van der Waals surface area (Å²) in [7, 11) is 2.20. The summed E-state index contributed by atoms with van der Waals surface area (Å²) in [5.74, 6) is -2.38. The number of methoxy groups -OCH3 is 2. The number of aliphatic hydroxyl groups excluding tert-OH is 1. The molecule has 7 nitrogen and oxygen atoms in total. The van der Waals surface area contributed by atoms with Crippen molar-refractivity contribution in [1.29, 1.82) is 5.53 Å². The van der Waals surface area contributed by atoms with E-state index in [1.54, 1.807) is 0 Å². The van der Waals surface area contributed by atoms with Crippen molar-refractivity contribution in [3.8, 4) is 0 Å².